The summed E-state index contributed by atoms with van der Waals surface area (Å²) in [6.45, 7) is 4.78. The quantitative estimate of drug-likeness (QED) is 0.874. The van der Waals surface area contributed by atoms with Crippen molar-refractivity contribution in [1.82, 2.24) is 30.3 Å². The largest absolute Gasteiger partial charge is 0.355 e. The highest BCUT2D eigenvalue weighted by atomic mass is 35.5. The molecular weight excluding hydrogens is 330 g/mol. The molecule has 0 spiro atoms. The highest BCUT2D eigenvalue weighted by Gasteiger charge is 2.25. The number of carbonyl (C=O) groups excluding carboxylic acids is 1. The number of carbonyl (C=O) groups is 1. The van der Waals surface area contributed by atoms with Crippen LogP contribution in [0.2, 0.25) is 5.15 Å². The molecule has 0 unspecified atom stereocenters. The maximum atomic E-state index is 12.3. The topological polar surface area (TPSA) is 88.8 Å². The van der Waals surface area contributed by atoms with Crippen LogP contribution < -0.4 is 10.2 Å². The fourth-order valence-corrected chi connectivity index (χ4v) is 2.94. The third-order valence-electron chi connectivity index (χ3n) is 4.26. The number of hydrogen-bond acceptors (Lipinski definition) is 6. The molecule has 2 aromatic heterocycles. The highest BCUT2D eigenvalue weighted by molar-refractivity contribution is 6.29. The maximum Gasteiger partial charge on any atom is 0.223 e. The van der Waals surface area contributed by atoms with Crippen molar-refractivity contribution < 1.29 is 4.79 Å². The van der Waals surface area contributed by atoms with E-state index in [-0.39, 0.29) is 11.8 Å². The summed E-state index contributed by atoms with van der Waals surface area (Å²) in [6, 6.07) is 3.58. The molecule has 1 amide bonds. The summed E-state index contributed by atoms with van der Waals surface area (Å²) in [5.74, 6) is 1.66. The lowest BCUT2D eigenvalue weighted by molar-refractivity contribution is -0.125. The van der Waals surface area contributed by atoms with Gasteiger partial charge in [-0.3, -0.25) is 4.79 Å². The Morgan fingerprint density at radius 1 is 1.29 bits per heavy atom. The van der Waals surface area contributed by atoms with Crippen LogP contribution in [-0.4, -0.2) is 44.0 Å². The van der Waals surface area contributed by atoms with Gasteiger partial charge in [0, 0.05) is 25.6 Å². The van der Waals surface area contributed by atoms with Crippen LogP contribution in [0.4, 0.5) is 5.82 Å². The van der Waals surface area contributed by atoms with E-state index in [0.717, 1.165) is 44.1 Å². The molecule has 0 atom stereocenters. The number of aromatic nitrogens is 5. The van der Waals surface area contributed by atoms with Gasteiger partial charge in [0.05, 0.1) is 6.54 Å². The first-order valence-corrected chi connectivity index (χ1v) is 8.43. The van der Waals surface area contributed by atoms with Gasteiger partial charge >= 0.3 is 0 Å². The summed E-state index contributed by atoms with van der Waals surface area (Å²) >= 11 is 5.76. The number of rotatable bonds is 5. The minimum absolute atomic E-state index is 0.0134. The zero-order valence-electron chi connectivity index (χ0n) is 13.5. The molecule has 3 rings (SSSR count). The third-order valence-corrected chi connectivity index (χ3v) is 4.47. The van der Waals surface area contributed by atoms with Crippen LogP contribution in [-0.2, 0) is 17.9 Å². The van der Waals surface area contributed by atoms with Crippen LogP contribution in [0.3, 0.4) is 0 Å². The maximum absolute atomic E-state index is 12.3. The predicted octanol–water partition coefficient (Wildman–Crippen LogP) is 1.27. The lowest BCUT2D eigenvalue weighted by Crippen LogP contribution is -2.41. The molecule has 24 heavy (non-hydrogen) atoms. The first-order valence-electron chi connectivity index (χ1n) is 8.06. The third kappa shape index (κ3) is 3.81. The number of aryl methyl sites for hydroxylation is 1. The lowest BCUT2D eigenvalue weighted by atomic mass is 9.96. The Morgan fingerprint density at radius 3 is 2.75 bits per heavy atom. The Balaban J connectivity index is 1.49. The van der Waals surface area contributed by atoms with Gasteiger partial charge < -0.3 is 14.8 Å². The van der Waals surface area contributed by atoms with Crippen LogP contribution in [0.15, 0.2) is 18.5 Å². The molecule has 9 heteroatoms. The van der Waals surface area contributed by atoms with E-state index >= 15 is 0 Å². The molecule has 0 radical (unpaired) electrons. The van der Waals surface area contributed by atoms with Crippen LogP contribution in [0, 0.1) is 5.92 Å². The van der Waals surface area contributed by atoms with Crippen molar-refractivity contribution in [3.63, 3.8) is 0 Å². The SMILES string of the molecule is CCn1cnnc1CNC(=O)C1CCN(c2ccc(Cl)nn2)CC1. The molecule has 1 fully saturated rings. The number of nitrogens with one attached hydrogen (secondary N) is 1. The van der Waals surface area contributed by atoms with Crippen molar-refractivity contribution in [3.8, 4) is 0 Å². The average molecular weight is 350 g/mol. The molecule has 0 bridgehead atoms. The minimum atomic E-state index is 0.0134. The van der Waals surface area contributed by atoms with E-state index < -0.39 is 0 Å². The summed E-state index contributed by atoms with van der Waals surface area (Å²) < 4.78 is 1.92. The number of nitrogens with zero attached hydrogens (tertiary/aromatic N) is 6. The van der Waals surface area contributed by atoms with Crippen LogP contribution in [0.1, 0.15) is 25.6 Å². The average Bonchev–Trinajstić information content (AvgIpc) is 3.08. The van der Waals surface area contributed by atoms with E-state index in [1.54, 1.807) is 12.4 Å². The molecule has 1 aliphatic rings. The fourth-order valence-electron chi connectivity index (χ4n) is 2.84. The van der Waals surface area contributed by atoms with Gasteiger partial charge in [-0.05, 0) is 31.9 Å². The van der Waals surface area contributed by atoms with E-state index in [1.807, 2.05) is 17.6 Å². The first-order chi connectivity index (χ1) is 11.7. The minimum Gasteiger partial charge on any atom is -0.355 e. The van der Waals surface area contributed by atoms with Gasteiger partial charge in [-0.2, -0.15) is 0 Å². The molecule has 1 N–H and O–H groups in total. The Morgan fingerprint density at radius 2 is 2.08 bits per heavy atom. The molecular formula is C15H20ClN7O. The second kappa shape index (κ2) is 7.57. The van der Waals surface area contributed by atoms with E-state index in [4.69, 9.17) is 11.6 Å². The monoisotopic (exact) mass is 349 g/mol. The van der Waals surface area contributed by atoms with Crippen LogP contribution in [0.5, 0.6) is 0 Å². The molecule has 128 valence electrons. The second-order valence-corrected chi connectivity index (χ2v) is 6.11. The number of amides is 1. The zero-order chi connectivity index (χ0) is 16.9. The molecule has 2 aromatic rings. The van der Waals surface area contributed by atoms with Gasteiger partial charge in [0.2, 0.25) is 5.91 Å². The standard InChI is InChI=1S/C15H20ClN7O/c1-2-22-10-18-20-14(22)9-17-15(24)11-5-7-23(8-6-11)13-4-3-12(16)19-21-13/h3-4,10-11H,2,5-9H2,1H3,(H,17,24). The van der Waals surface area contributed by atoms with Crippen molar-refractivity contribution >= 4 is 23.3 Å². The molecule has 3 heterocycles. The highest BCUT2D eigenvalue weighted by Crippen LogP contribution is 2.22. The molecule has 8 nitrogen and oxygen atoms in total. The molecule has 1 aliphatic heterocycles. The summed E-state index contributed by atoms with van der Waals surface area (Å²) in [7, 11) is 0. The smallest absolute Gasteiger partial charge is 0.223 e. The van der Waals surface area contributed by atoms with Crippen molar-refractivity contribution in [2.75, 3.05) is 18.0 Å². The second-order valence-electron chi connectivity index (χ2n) is 5.73. The normalized spacial score (nSPS) is 15.5. The van der Waals surface area contributed by atoms with Gasteiger partial charge in [-0.1, -0.05) is 11.6 Å². The van der Waals surface area contributed by atoms with Gasteiger partial charge in [-0.25, -0.2) is 0 Å². The molecule has 0 aromatic carbocycles. The predicted molar refractivity (Wildman–Crippen MR) is 89.5 cm³/mol. The fraction of sp³-hybridized carbons (Fsp3) is 0.533. The van der Waals surface area contributed by atoms with E-state index in [0.29, 0.717) is 11.7 Å². The van der Waals surface area contributed by atoms with Crippen LogP contribution in [0.25, 0.3) is 0 Å². The number of piperidine rings is 1. The first kappa shape index (κ1) is 16.6. The molecule has 0 saturated carbocycles. The summed E-state index contributed by atoms with van der Waals surface area (Å²) in [4.78, 5) is 14.5. The number of anilines is 1. The Kier molecular flexibility index (Phi) is 5.24. The Bertz CT molecular complexity index is 679. The van der Waals surface area contributed by atoms with Gasteiger partial charge in [-0.15, -0.1) is 20.4 Å². The van der Waals surface area contributed by atoms with Gasteiger partial charge in [0.1, 0.15) is 6.33 Å². The molecule has 0 aliphatic carbocycles. The van der Waals surface area contributed by atoms with Gasteiger partial charge in [0.25, 0.3) is 0 Å². The lowest BCUT2D eigenvalue weighted by Gasteiger charge is -2.31. The number of hydrogen-bond donors (Lipinski definition) is 1. The summed E-state index contributed by atoms with van der Waals surface area (Å²) in [5, 5.41) is 19.2. The van der Waals surface area contributed by atoms with E-state index in [1.165, 1.54) is 0 Å². The van der Waals surface area contributed by atoms with Crippen molar-refractivity contribution in [3.05, 3.63) is 29.4 Å². The van der Waals surface area contributed by atoms with E-state index in [2.05, 4.69) is 30.6 Å². The van der Waals surface area contributed by atoms with Crippen molar-refractivity contribution in [2.24, 2.45) is 5.92 Å². The summed E-state index contributed by atoms with van der Waals surface area (Å²) in [6.07, 6.45) is 3.25. The summed E-state index contributed by atoms with van der Waals surface area (Å²) in [5.41, 5.74) is 0. The number of halogens is 1. The Labute approximate surface area is 145 Å². The zero-order valence-corrected chi connectivity index (χ0v) is 14.3. The van der Waals surface area contributed by atoms with Crippen molar-refractivity contribution in [1.29, 1.82) is 0 Å². The van der Waals surface area contributed by atoms with Crippen molar-refractivity contribution in [2.45, 2.75) is 32.9 Å². The molecule has 1 saturated heterocycles. The Hall–Kier alpha value is -2.22. The van der Waals surface area contributed by atoms with E-state index in [9.17, 15) is 4.79 Å². The van der Waals surface area contributed by atoms with Crippen LogP contribution >= 0.6 is 11.6 Å². The van der Waals surface area contributed by atoms with Gasteiger partial charge in [0.15, 0.2) is 16.8 Å².